The number of amides is 1. The summed E-state index contributed by atoms with van der Waals surface area (Å²) in [7, 11) is 0. The van der Waals surface area contributed by atoms with E-state index >= 15 is 0 Å². The Balaban J connectivity index is 2.24. The van der Waals surface area contributed by atoms with E-state index in [0.29, 0.717) is 11.6 Å². The highest BCUT2D eigenvalue weighted by molar-refractivity contribution is 6.30. The van der Waals surface area contributed by atoms with Gasteiger partial charge in [-0.25, -0.2) is 0 Å². The Morgan fingerprint density at radius 2 is 1.89 bits per heavy atom. The van der Waals surface area contributed by atoms with Gasteiger partial charge in [0.25, 0.3) is 0 Å². The van der Waals surface area contributed by atoms with Gasteiger partial charge in [0.15, 0.2) is 0 Å². The first kappa shape index (κ1) is 13.8. The van der Waals surface area contributed by atoms with Gasteiger partial charge < -0.3 is 15.1 Å². The summed E-state index contributed by atoms with van der Waals surface area (Å²) in [5.74, 6) is -2.31. The molecule has 0 aliphatic carbocycles. The lowest BCUT2D eigenvalue weighted by molar-refractivity contribution is -0.142. The lowest BCUT2D eigenvalue weighted by Crippen LogP contribution is -2.32. The molecule has 1 aromatic rings. The summed E-state index contributed by atoms with van der Waals surface area (Å²) in [5.41, 5.74) is 0.838. The second-order valence-electron chi connectivity index (χ2n) is 4.56. The van der Waals surface area contributed by atoms with Crippen molar-refractivity contribution < 1.29 is 19.8 Å². The number of aliphatic carboxylic acids is 1. The van der Waals surface area contributed by atoms with E-state index in [1.54, 1.807) is 24.3 Å². The molecule has 102 valence electrons. The summed E-state index contributed by atoms with van der Waals surface area (Å²) >= 11 is 5.80. The van der Waals surface area contributed by atoms with Crippen molar-refractivity contribution in [1.29, 1.82) is 0 Å². The summed E-state index contributed by atoms with van der Waals surface area (Å²) < 4.78 is 0. The number of carbonyl (C=O) groups is 2. The van der Waals surface area contributed by atoms with Crippen LogP contribution >= 0.6 is 11.6 Å². The fourth-order valence-electron chi connectivity index (χ4n) is 2.41. The van der Waals surface area contributed by atoms with Crippen LogP contribution in [0.2, 0.25) is 5.02 Å². The fourth-order valence-corrected chi connectivity index (χ4v) is 2.53. The zero-order chi connectivity index (χ0) is 14.0. The topological polar surface area (TPSA) is 77.8 Å². The molecule has 1 aliphatic heterocycles. The number of benzene rings is 1. The number of halogens is 1. The first-order valence-corrected chi connectivity index (χ1v) is 6.27. The number of rotatable bonds is 3. The van der Waals surface area contributed by atoms with Crippen molar-refractivity contribution in [3.05, 3.63) is 34.9 Å². The predicted octanol–water partition coefficient (Wildman–Crippen LogP) is 0.959. The molecule has 0 aromatic heterocycles. The van der Waals surface area contributed by atoms with Crippen LogP contribution in [-0.4, -0.2) is 46.7 Å². The van der Waals surface area contributed by atoms with Gasteiger partial charge in [0, 0.05) is 24.0 Å². The quantitative estimate of drug-likeness (QED) is 0.866. The lowest BCUT2D eigenvalue weighted by atomic mass is 9.89. The molecule has 1 amide bonds. The molecule has 1 heterocycles. The van der Waals surface area contributed by atoms with Crippen molar-refractivity contribution in [2.24, 2.45) is 5.92 Å². The van der Waals surface area contributed by atoms with Crippen molar-refractivity contribution in [2.45, 2.75) is 5.92 Å². The van der Waals surface area contributed by atoms with Crippen LogP contribution in [0.3, 0.4) is 0 Å². The summed E-state index contributed by atoms with van der Waals surface area (Å²) in [6.07, 6.45) is 0. The monoisotopic (exact) mass is 283 g/mol. The number of aliphatic hydroxyl groups is 1. The summed E-state index contributed by atoms with van der Waals surface area (Å²) in [5, 5.41) is 18.7. The van der Waals surface area contributed by atoms with Crippen LogP contribution in [0.4, 0.5) is 0 Å². The van der Waals surface area contributed by atoms with Gasteiger partial charge in [0.2, 0.25) is 5.91 Å². The third-order valence-electron chi connectivity index (χ3n) is 3.42. The molecule has 6 heteroatoms. The maximum absolute atomic E-state index is 11.5. The van der Waals surface area contributed by atoms with Crippen LogP contribution in [0.25, 0.3) is 0 Å². The average molecular weight is 284 g/mol. The number of carbonyl (C=O) groups excluding carboxylic acids is 1. The molecule has 19 heavy (non-hydrogen) atoms. The maximum atomic E-state index is 11.5. The molecule has 5 nitrogen and oxygen atoms in total. The van der Waals surface area contributed by atoms with Gasteiger partial charge in [0.1, 0.15) is 6.61 Å². The Hall–Kier alpha value is -1.59. The second-order valence-corrected chi connectivity index (χ2v) is 5.00. The van der Waals surface area contributed by atoms with Gasteiger partial charge in [-0.05, 0) is 17.7 Å². The Kier molecular flexibility index (Phi) is 4.07. The number of hydrogen-bond donors (Lipinski definition) is 2. The Morgan fingerprint density at radius 1 is 1.26 bits per heavy atom. The van der Waals surface area contributed by atoms with Crippen molar-refractivity contribution in [2.75, 3.05) is 19.7 Å². The third-order valence-corrected chi connectivity index (χ3v) is 3.68. The summed E-state index contributed by atoms with van der Waals surface area (Å²) in [4.78, 5) is 24.1. The van der Waals surface area contributed by atoms with Crippen LogP contribution in [0.5, 0.6) is 0 Å². The molecule has 0 unspecified atom stereocenters. The van der Waals surface area contributed by atoms with Crippen LogP contribution < -0.4 is 0 Å². The minimum absolute atomic E-state index is 0.127. The molecule has 1 aromatic carbocycles. The van der Waals surface area contributed by atoms with Gasteiger partial charge in [0.05, 0.1) is 5.92 Å². The van der Waals surface area contributed by atoms with E-state index in [1.165, 1.54) is 4.90 Å². The average Bonchev–Trinajstić information content (AvgIpc) is 2.84. The molecular weight excluding hydrogens is 270 g/mol. The highest BCUT2D eigenvalue weighted by Gasteiger charge is 2.40. The molecule has 0 spiro atoms. The number of hydrogen-bond acceptors (Lipinski definition) is 3. The standard InChI is InChI=1S/C13H14ClNO4/c14-9-3-1-8(2-4-9)10-5-15(12(17)7-16)6-11(10)13(18)19/h1-4,10-11,16H,5-7H2,(H,18,19)/t10-,11+/m1/s1. The van der Waals surface area contributed by atoms with E-state index in [-0.39, 0.29) is 12.5 Å². The molecule has 0 saturated carbocycles. The lowest BCUT2D eigenvalue weighted by Gasteiger charge is -2.15. The molecule has 2 N–H and O–H groups in total. The third kappa shape index (κ3) is 2.88. The molecule has 1 saturated heterocycles. The van der Waals surface area contributed by atoms with Crippen LogP contribution in [0.1, 0.15) is 11.5 Å². The van der Waals surface area contributed by atoms with Crippen LogP contribution in [0, 0.1) is 5.92 Å². The first-order chi connectivity index (χ1) is 9.02. The van der Waals surface area contributed by atoms with Gasteiger partial charge in [-0.3, -0.25) is 9.59 Å². The number of likely N-dealkylation sites (tertiary alicyclic amines) is 1. The minimum atomic E-state index is -0.937. The van der Waals surface area contributed by atoms with E-state index in [4.69, 9.17) is 16.7 Å². The van der Waals surface area contributed by atoms with E-state index in [2.05, 4.69) is 0 Å². The molecule has 1 fully saturated rings. The molecule has 2 rings (SSSR count). The fraction of sp³-hybridized carbons (Fsp3) is 0.385. The highest BCUT2D eigenvalue weighted by Crippen LogP contribution is 2.33. The van der Waals surface area contributed by atoms with Gasteiger partial charge in [-0.2, -0.15) is 0 Å². The van der Waals surface area contributed by atoms with Crippen molar-refractivity contribution in [3.8, 4) is 0 Å². The highest BCUT2D eigenvalue weighted by atomic mass is 35.5. The first-order valence-electron chi connectivity index (χ1n) is 5.90. The van der Waals surface area contributed by atoms with Crippen molar-refractivity contribution in [1.82, 2.24) is 4.90 Å². The van der Waals surface area contributed by atoms with E-state index in [9.17, 15) is 14.7 Å². The SMILES string of the molecule is O=C(O)[C@H]1CN(C(=O)CO)C[C@@H]1c1ccc(Cl)cc1. The molecule has 0 bridgehead atoms. The van der Waals surface area contributed by atoms with Crippen molar-refractivity contribution in [3.63, 3.8) is 0 Å². The normalized spacial score (nSPS) is 22.5. The smallest absolute Gasteiger partial charge is 0.308 e. The Labute approximate surface area is 115 Å². The molecule has 2 atom stereocenters. The van der Waals surface area contributed by atoms with E-state index in [0.717, 1.165) is 5.56 Å². The zero-order valence-electron chi connectivity index (χ0n) is 10.1. The van der Waals surface area contributed by atoms with Crippen molar-refractivity contribution >= 4 is 23.5 Å². The molecule has 0 radical (unpaired) electrons. The minimum Gasteiger partial charge on any atom is -0.481 e. The second kappa shape index (κ2) is 5.59. The van der Waals surface area contributed by atoms with Gasteiger partial charge in [-0.1, -0.05) is 23.7 Å². The Morgan fingerprint density at radius 3 is 2.42 bits per heavy atom. The summed E-state index contributed by atoms with van der Waals surface area (Å²) in [6.45, 7) is -0.167. The van der Waals surface area contributed by atoms with Crippen LogP contribution in [0.15, 0.2) is 24.3 Å². The number of carboxylic acids is 1. The predicted molar refractivity (Wildman–Crippen MR) is 69.0 cm³/mol. The maximum Gasteiger partial charge on any atom is 0.308 e. The van der Waals surface area contributed by atoms with Gasteiger partial charge in [-0.15, -0.1) is 0 Å². The number of carboxylic acid groups (broad SMARTS) is 1. The number of aliphatic hydroxyl groups excluding tert-OH is 1. The number of nitrogens with zero attached hydrogens (tertiary/aromatic N) is 1. The van der Waals surface area contributed by atoms with Gasteiger partial charge >= 0.3 is 5.97 Å². The van der Waals surface area contributed by atoms with Crippen LogP contribution in [-0.2, 0) is 9.59 Å². The van der Waals surface area contributed by atoms with E-state index in [1.807, 2.05) is 0 Å². The zero-order valence-corrected chi connectivity index (χ0v) is 10.9. The molecule has 1 aliphatic rings. The molecular formula is C13H14ClNO4. The summed E-state index contributed by atoms with van der Waals surface area (Å²) in [6, 6.07) is 6.95. The largest absolute Gasteiger partial charge is 0.481 e. The Bertz CT molecular complexity index is 488. The van der Waals surface area contributed by atoms with E-state index < -0.39 is 24.4 Å².